The van der Waals surface area contributed by atoms with Crippen LogP contribution in [0.3, 0.4) is 0 Å². The van der Waals surface area contributed by atoms with E-state index in [-0.39, 0.29) is 5.91 Å². The van der Waals surface area contributed by atoms with Gasteiger partial charge < -0.3 is 10.3 Å². The van der Waals surface area contributed by atoms with E-state index in [1.54, 1.807) is 18.3 Å². The third-order valence-corrected chi connectivity index (χ3v) is 2.47. The summed E-state index contributed by atoms with van der Waals surface area (Å²) in [7, 11) is 0. The molecule has 4 nitrogen and oxygen atoms in total. The second kappa shape index (κ2) is 5.30. The number of aryl methyl sites for hydroxylation is 1. The second-order valence-electron chi connectivity index (χ2n) is 3.87. The maximum atomic E-state index is 11.7. The number of nitrogens with one attached hydrogen (secondary N) is 2. The van der Waals surface area contributed by atoms with E-state index in [9.17, 15) is 4.79 Å². The molecule has 17 heavy (non-hydrogen) atoms. The smallest absolute Gasteiger partial charge is 0.251 e. The fraction of sp³-hybridized carbons (Fsp3) is 0.231. The van der Waals surface area contributed by atoms with Crippen molar-refractivity contribution in [1.29, 1.82) is 0 Å². The SMILES string of the molecule is Cc1ncc(CCNC(=O)c2ccccc2)[nH]1. The highest BCUT2D eigenvalue weighted by atomic mass is 16.1. The van der Waals surface area contributed by atoms with Crippen LogP contribution in [-0.4, -0.2) is 22.4 Å². The van der Waals surface area contributed by atoms with E-state index in [0.29, 0.717) is 12.1 Å². The molecule has 0 atom stereocenters. The summed E-state index contributed by atoms with van der Waals surface area (Å²) in [5.74, 6) is 0.858. The van der Waals surface area contributed by atoms with Crippen LogP contribution in [0.25, 0.3) is 0 Å². The molecular formula is C13H15N3O. The van der Waals surface area contributed by atoms with Gasteiger partial charge in [-0.3, -0.25) is 4.79 Å². The minimum atomic E-state index is -0.0400. The predicted molar refractivity (Wildman–Crippen MR) is 65.8 cm³/mol. The van der Waals surface area contributed by atoms with Crippen molar-refractivity contribution < 1.29 is 4.79 Å². The van der Waals surface area contributed by atoms with E-state index >= 15 is 0 Å². The maximum Gasteiger partial charge on any atom is 0.251 e. The molecule has 1 heterocycles. The predicted octanol–water partition coefficient (Wildman–Crippen LogP) is 1.69. The number of benzene rings is 1. The molecule has 1 amide bonds. The Morgan fingerprint density at radius 1 is 1.35 bits per heavy atom. The largest absolute Gasteiger partial charge is 0.352 e. The normalized spacial score (nSPS) is 10.2. The van der Waals surface area contributed by atoms with Crippen molar-refractivity contribution in [3.63, 3.8) is 0 Å². The van der Waals surface area contributed by atoms with Gasteiger partial charge in [0.2, 0.25) is 0 Å². The van der Waals surface area contributed by atoms with Crippen LogP contribution in [0.15, 0.2) is 36.5 Å². The number of H-pyrrole nitrogens is 1. The van der Waals surface area contributed by atoms with Gasteiger partial charge in [-0.1, -0.05) is 18.2 Å². The van der Waals surface area contributed by atoms with E-state index in [4.69, 9.17) is 0 Å². The van der Waals surface area contributed by atoms with E-state index in [2.05, 4.69) is 15.3 Å². The molecule has 0 unspecified atom stereocenters. The first kappa shape index (κ1) is 11.4. The molecule has 2 aromatic rings. The molecule has 0 fully saturated rings. The van der Waals surface area contributed by atoms with Crippen molar-refractivity contribution >= 4 is 5.91 Å². The average Bonchev–Trinajstić information content (AvgIpc) is 2.76. The molecule has 1 aromatic carbocycles. The zero-order valence-electron chi connectivity index (χ0n) is 9.73. The third-order valence-electron chi connectivity index (χ3n) is 2.47. The van der Waals surface area contributed by atoms with Gasteiger partial charge in [0.1, 0.15) is 5.82 Å². The number of hydrogen-bond acceptors (Lipinski definition) is 2. The highest BCUT2D eigenvalue weighted by molar-refractivity contribution is 5.94. The summed E-state index contributed by atoms with van der Waals surface area (Å²) >= 11 is 0. The zero-order chi connectivity index (χ0) is 12.1. The Kier molecular flexibility index (Phi) is 3.55. The van der Waals surface area contributed by atoms with Crippen LogP contribution in [-0.2, 0) is 6.42 Å². The number of carbonyl (C=O) groups excluding carboxylic acids is 1. The van der Waals surface area contributed by atoms with Gasteiger partial charge in [0, 0.05) is 30.4 Å². The lowest BCUT2D eigenvalue weighted by Gasteiger charge is -2.03. The fourth-order valence-corrected chi connectivity index (χ4v) is 1.60. The highest BCUT2D eigenvalue weighted by Crippen LogP contribution is 1.99. The van der Waals surface area contributed by atoms with E-state index < -0.39 is 0 Å². The lowest BCUT2D eigenvalue weighted by atomic mass is 10.2. The number of aromatic nitrogens is 2. The Morgan fingerprint density at radius 2 is 2.12 bits per heavy atom. The first-order chi connectivity index (χ1) is 8.25. The summed E-state index contributed by atoms with van der Waals surface area (Å²) in [6, 6.07) is 9.20. The standard InChI is InChI=1S/C13H15N3O/c1-10-15-9-12(16-10)7-8-14-13(17)11-5-3-2-4-6-11/h2-6,9H,7-8H2,1H3,(H,14,17)(H,15,16). The minimum absolute atomic E-state index is 0.0400. The van der Waals surface area contributed by atoms with E-state index in [1.807, 2.05) is 25.1 Å². The first-order valence-electron chi connectivity index (χ1n) is 5.59. The topological polar surface area (TPSA) is 57.8 Å². The van der Waals surface area contributed by atoms with Crippen LogP contribution in [0, 0.1) is 6.92 Å². The number of amides is 1. The summed E-state index contributed by atoms with van der Waals surface area (Å²) < 4.78 is 0. The molecular weight excluding hydrogens is 214 g/mol. The van der Waals surface area contributed by atoms with Crippen LogP contribution in [0.2, 0.25) is 0 Å². The van der Waals surface area contributed by atoms with Gasteiger partial charge in [0.25, 0.3) is 5.91 Å². The van der Waals surface area contributed by atoms with Crippen LogP contribution in [0.5, 0.6) is 0 Å². The van der Waals surface area contributed by atoms with Crippen molar-refractivity contribution in [3.05, 3.63) is 53.6 Å². The molecule has 0 aliphatic carbocycles. The van der Waals surface area contributed by atoms with Crippen molar-refractivity contribution in [1.82, 2.24) is 15.3 Å². The summed E-state index contributed by atoms with van der Waals surface area (Å²) in [5, 5.41) is 2.87. The van der Waals surface area contributed by atoms with Gasteiger partial charge in [0.05, 0.1) is 0 Å². The molecule has 0 spiro atoms. The van der Waals surface area contributed by atoms with Gasteiger partial charge >= 0.3 is 0 Å². The zero-order valence-corrected chi connectivity index (χ0v) is 9.73. The fourth-order valence-electron chi connectivity index (χ4n) is 1.60. The summed E-state index contributed by atoms with van der Waals surface area (Å²) in [6.07, 6.45) is 2.56. The number of nitrogens with zero attached hydrogens (tertiary/aromatic N) is 1. The number of imidazole rings is 1. The minimum Gasteiger partial charge on any atom is -0.352 e. The number of aromatic amines is 1. The molecule has 1 aromatic heterocycles. The van der Waals surface area contributed by atoms with Crippen LogP contribution < -0.4 is 5.32 Å². The van der Waals surface area contributed by atoms with Gasteiger partial charge in [-0.25, -0.2) is 4.98 Å². The number of hydrogen-bond donors (Lipinski definition) is 2. The van der Waals surface area contributed by atoms with E-state index in [1.165, 1.54) is 0 Å². The molecule has 0 saturated carbocycles. The van der Waals surface area contributed by atoms with Crippen molar-refractivity contribution in [2.45, 2.75) is 13.3 Å². The molecule has 4 heteroatoms. The molecule has 0 radical (unpaired) electrons. The lowest BCUT2D eigenvalue weighted by Crippen LogP contribution is -2.25. The molecule has 0 aliphatic rings. The van der Waals surface area contributed by atoms with Gasteiger partial charge in [0.15, 0.2) is 0 Å². The Balaban J connectivity index is 1.81. The monoisotopic (exact) mass is 229 g/mol. The quantitative estimate of drug-likeness (QED) is 0.838. The van der Waals surface area contributed by atoms with E-state index in [0.717, 1.165) is 17.9 Å². The molecule has 0 bridgehead atoms. The molecule has 0 aliphatic heterocycles. The molecule has 0 saturated heterocycles. The van der Waals surface area contributed by atoms with Crippen molar-refractivity contribution in [3.8, 4) is 0 Å². The highest BCUT2D eigenvalue weighted by Gasteiger charge is 2.03. The van der Waals surface area contributed by atoms with Crippen molar-refractivity contribution in [2.75, 3.05) is 6.54 Å². The maximum absolute atomic E-state index is 11.7. The van der Waals surface area contributed by atoms with Crippen molar-refractivity contribution in [2.24, 2.45) is 0 Å². The molecule has 88 valence electrons. The number of rotatable bonds is 4. The second-order valence-corrected chi connectivity index (χ2v) is 3.87. The van der Waals surface area contributed by atoms with Gasteiger partial charge in [-0.15, -0.1) is 0 Å². The Bertz CT molecular complexity index is 490. The summed E-state index contributed by atoms with van der Waals surface area (Å²) in [5.41, 5.74) is 1.73. The van der Waals surface area contributed by atoms with Gasteiger partial charge in [-0.05, 0) is 19.1 Å². The van der Waals surface area contributed by atoms with Crippen LogP contribution in [0.4, 0.5) is 0 Å². The molecule has 2 N–H and O–H groups in total. The first-order valence-corrected chi connectivity index (χ1v) is 5.59. The third kappa shape index (κ3) is 3.17. The number of carbonyl (C=O) groups is 1. The average molecular weight is 229 g/mol. The van der Waals surface area contributed by atoms with Crippen LogP contribution in [0.1, 0.15) is 21.9 Å². The van der Waals surface area contributed by atoms with Crippen LogP contribution >= 0.6 is 0 Å². The lowest BCUT2D eigenvalue weighted by molar-refractivity contribution is 0.0954. The van der Waals surface area contributed by atoms with Gasteiger partial charge in [-0.2, -0.15) is 0 Å². The molecule has 2 rings (SSSR count). The Hall–Kier alpha value is -2.10. The Morgan fingerprint density at radius 3 is 2.76 bits per heavy atom. The summed E-state index contributed by atoms with van der Waals surface area (Å²) in [6.45, 7) is 2.52. The summed E-state index contributed by atoms with van der Waals surface area (Å²) in [4.78, 5) is 18.9. The Labute approximate surface area is 100 Å².